The normalized spacial score (nSPS) is 14.8. The minimum absolute atomic E-state index is 0.231. The van der Waals surface area contributed by atoms with Crippen LogP contribution in [0.4, 0.5) is 10.1 Å². The van der Waals surface area contributed by atoms with E-state index in [9.17, 15) is 9.18 Å². The van der Waals surface area contributed by atoms with Gasteiger partial charge in [0.2, 0.25) is 0 Å². The lowest BCUT2D eigenvalue weighted by atomic mass is 10.2. The number of H-pyrrole nitrogens is 1. The quantitative estimate of drug-likeness (QED) is 0.585. The molecular weight excluding hydrogens is 385 g/mol. The summed E-state index contributed by atoms with van der Waals surface area (Å²) in [4.78, 5) is 17.1. The van der Waals surface area contributed by atoms with Crippen LogP contribution in [0.25, 0.3) is 10.9 Å². The number of amides is 1. The molecule has 1 aliphatic rings. The molecule has 0 atom stereocenters. The minimum atomic E-state index is -0.384. The van der Waals surface area contributed by atoms with E-state index in [1.165, 1.54) is 12.1 Å². The minimum Gasteiger partial charge on any atom is -0.495 e. The van der Waals surface area contributed by atoms with Crippen molar-refractivity contribution >= 4 is 22.5 Å². The number of ether oxygens (including phenoxy) is 1. The summed E-state index contributed by atoms with van der Waals surface area (Å²) in [6.45, 7) is 5.28. The maximum absolute atomic E-state index is 13.5. The van der Waals surface area contributed by atoms with Crippen molar-refractivity contribution in [2.45, 2.75) is 6.42 Å². The highest BCUT2D eigenvalue weighted by Crippen LogP contribution is 2.28. The van der Waals surface area contributed by atoms with Crippen molar-refractivity contribution in [3.8, 4) is 5.75 Å². The molecule has 8 heteroatoms. The van der Waals surface area contributed by atoms with Gasteiger partial charge in [-0.1, -0.05) is 12.1 Å². The van der Waals surface area contributed by atoms with E-state index in [-0.39, 0.29) is 17.4 Å². The smallest absolute Gasteiger partial charge is 0.272 e. The first-order valence-electron chi connectivity index (χ1n) is 10.2. The lowest BCUT2D eigenvalue weighted by molar-refractivity contribution is 0.0948. The van der Waals surface area contributed by atoms with Crippen molar-refractivity contribution in [3.63, 3.8) is 0 Å². The number of hydrogen-bond donors (Lipinski definition) is 2. The molecular formula is C22H26FN5O2. The van der Waals surface area contributed by atoms with Crippen molar-refractivity contribution < 1.29 is 13.9 Å². The van der Waals surface area contributed by atoms with Crippen molar-refractivity contribution in [1.82, 2.24) is 20.4 Å². The van der Waals surface area contributed by atoms with Gasteiger partial charge in [-0.2, -0.15) is 5.10 Å². The first-order valence-corrected chi connectivity index (χ1v) is 10.2. The Balaban J connectivity index is 1.22. The van der Waals surface area contributed by atoms with Gasteiger partial charge in [0.1, 0.15) is 11.6 Å². The van der Waals surface area contributed by atoms with E-state index in [4.69, 9.17) is 4.74 Å². The van der Waals surface area contributed by atoms with Crippen LogP contribution in [0.15, 0.2) is 42.5 Å². The number of piperazine rings is 1. The monoisotopic (exact) mass is 411 g/mol. The molecule has 1 aromatic heterocycles. The van der Waals surface area contributed by atoms with Crippen molar-refractivity contribution in [3.05, 3.63) is 54.0 Å². The summed E-state index contributed by atoms with van der Waals surface area (Å²) in [6.07, 6.45) is 0.844. The number of nitrogens with zero attached hydrogens (tertiary/aromatic N) is 3. The second-order valence-electron chi connectivity index (χ2n) is 7.37. The fourth-order valence-corrected chi connectivity index (χ4v) is 3.85. The van der Waals surface area contributed by atoms with Gasteiger partial charge in [-0.3, -0.25) is 14.8 Å². The van der Waals surface area contributed by atoms with Gasteiger partial charge in [-0.25, -0.2) is 4.39 Å². The molecule has 2 heterocycles. The molecule has 30 heavy (non-hydrogen) atoms. The van der Waals surface area contributed by atoms with Gasteiger partial charge >= 0.3 is 0 Å². The molecule has 0 saturated carbocycles. The van der Waals surface area contributed by atoms with E-state index in [2.05, 4.69) is 31.4 Å². The van der Waals surface area contributed by atoms with Crippen molar-refractivity contribution in [2.24, 2.45) is 0 Å². The summed E-state index contributed by atoms with van der Waals surface area (Å²) >= 11 is 0. The van der Waals surface area contributed by atoms with E-state index in [0.29, 0.717) is 17.4 Å². The molecule has 0 aliphatic carbocycles. The molecule has 3 aromatic rings. The highest BCUT2D eigenvalue weighted by Gasteiger charge is 2.19. The molecule has 1 saturated heterocycles. The number of rotatable bonds is 7. The number of aromatic amines is 1. The second kappa shape index (κ2) is 9.13. The Morgan fingerprint density at radius 1 is 1.20 bits per heavy atom. The Morgan fingerprint density at radius 2 is 2.00 bits per heavy atom. The van der Waals surface area contributed by atoms with Gasteiger partial charge in [0, 0.05) is 38.1 Å². The zero-order chi connectivity index (χ0) is 20.9. The van der Waals surface area contributed by atoms with Gasteiger partial charge in [0.05, 0.1) is 18.3 Å². The van der Waals surface area contributed by atoms with Crippen LogP contribution in [-0.4, -0.2) is 67.4 Å². The summed E-state index contributed by atoms with van der Waals surface area (Å²) in [7, 11) is 1.70. The fourth-order valence-electron chi connectivity index (χ4n) is 3.85. The molecule has 0 bridgehead atoms. The number of anilines is 1. The fraction of sp³-hybridized carbons (Fsp3) is 0.364. The van der Waals surface area contributed by atoms with Crippen LogP contribution in [0.5, 0.6) is 5.75 Å². The lowest BCUT2D eigenvalue weighted by Crippen LogP contribution is -2.47. The third-order valence-corrected chi connectivity index (χ3v) is 5.47. The third-order valence-electron chi connectivity index (χ3n) is 5.47. The van der Waals surface area contributed by atoms with Crippen molar-refractivity contribution in [2.75, 3.05) is 51.3 Å². The Kier molecular flexibility index (Phi) is 6.13. The van der Waals surface area contributed by atoms with Gasteiger partial charge < -0.3 is 15.0 Å². The molecule has 0 radical (unpaired) electrons. The number of carbonyl (C=O) groups is 1. The third kappa shape index (κ3) is 4.38. The Morgan fingerprint density at radius 3 is 2.80 bits per heavy atom. The average Bonchev–Trinajstić information content (AvgIpc) is 3.20. The van der Waals surface area contributed by atoms with E-state index in [1.807, 2.05) is 18.2 Å². The van der Waals surface area contributed by atoms with Gasteiger partial charge in [-0.05, 0) is 43.3 Å². The number of hydrogen-bond acceptors (Lipinski definition) is 5. The number of benzene rings is 2. The predicted molar refractivity (Wildman–Crippen MR) is 115 cm³/mol. The first kappa shape index (κ1) is 20.2. The highest BCUT2D eigenvalue weighted by atomic mass is 19.1. The predicted octanol–water partition coefficient (Wildman–Crippen LogP) is 2.65. The van der Waals surface area contributed by atoms with Crippen LogP contribution >= 0.6 is 0 Å². The number of carbonyl (C=O) groups excluding carboxylic acids is 1. The number of fused-ring (bicyclic) bond motifs is 1. The molecule has 0 unspecified atom stereocenters. The summed E-state index contributed by atoms with van der Waals surface area (Å²) in [5, 5.41) is 10.2. The average molecular weight is 411 g/mol. The SMILES string of the molecule is COc1ccccc1N1CCN(CCCNC(=O)c2n[nH]c3ccc(F)cc23)CC1. The Bertz CT molecular complexity index is 1010. The van der Waals surface area contributed by atoms with Crippen LogP contribution in [0.1, 0.15) is 16.9 Å². The molecule has 1 amide bonds. The summed E-state index contributed by atoms with van der Waals surface area (Å²) in [6, 6.07) is 12.3. The van der Waals surface area contributed by atoms with Crippen LogP contribution in [-0.2, 0) is 0 Å². The molecule has 7 nitrogen and oxygen atoms in total. The number of methoxy groups -OCH3 is 1. The molecule has 1 fully saturated rings. The zero-order valence-electron chi connectivity index (χ0n) is 17.0. The van der Waals surface area contributed by atoms with E-state index in [1.54, 1.807) is 13.2 Å². The highest BCUT2D eigenvalue weighted by molar-refractivity contribution is 6.04. The molecule has 2 aromatic carbocycles. The summed E-state index contributed by atoms with van der Waals surface area (Å²) in [5.41, 5.74) is 2.01. The molecule has 2 N–H and O–H groups in total. The van der Waals surface area contributed by atoms with Gasteiger partial charge in [0.15, 0.2) is 5.69 Å². The number of aromatic nitrogens is 2. The maximum atomic E-state index is 13.5. The van der Waals surface area contributed by atoms with Crippen molar-refractivity contribution in [1.29, 1.82) is 0 Å². The summed E-state index contributed by atoms with van der Waals surface area (Å²) < 4.78 is 18.9. The molecule has 1 aliphatic heterocycles. The van der Waals surface area contributed by atoms with Gasteiger partial charge in [0.25, 0.3) is 5.91 Å². The van der Waals surface area contributed by atoms with E-state index in [0.717, 1.165) is 50.6 Å². The molecule has 0 spiro atoms. The molecule has 158 valence electrons. The summed E-state index contributed by atoms with van der Waals surface area (Å²) in [5.74, 6) is 0.234. The van der Waals surface area contributed by atoms with Crippen LogP contribution < -0.4 is 15.0 Å². The Hall–Kier alpha value is -3.13. The van der Waals surface area contributed by atoms with E-state index < -0.39 is 0 Å². The van der Waals surface area contributed by atoms with Gasteiger partial charge in [-0.15, -0.1) is 0 Å². The molecule has 4 rings (SSSR count). The zero-order valence-corrected chi connectivity index (χ0v) is 17.0. The van der Waals surface area contributed by atoms with Crippen LogP contribution in [0, 0.1) is 5.82 Å². The number of nitrogens with one attached hydrogen (secondary N) is 2. The second-order valence-corrected chi connectivity index (χ2v) is 7.37. The first-order chi connectivity index (χ1) is 14.7. The Labute approximate surface area is 174 Å². The van der Waals surface area contributed by atoms with Crippen LogP contribution in [0.3, 0.4) is 0 Å². The largest absolute Gasteiger partial charge is 0.495 e. The van der Waals surface area contributed by atoms with Crippen LogP contribution in [0.2, 0.25) is 0 Å². The standard InChI is InChI=1S/C22H26FN5O2/c1-30-20-6-3-2-5-19(20)28-13-11-27(12-14-28)10-4-9-24-22(29)21-17-15-16(23)7-8-18(17)25-26-21/h2-3,5-8,15H,4,9-14H2,1H3,(H,24,29)(H,25,26). The topological polar surface area (TPSA) is 73.5 Å². The maximum Gasteiger partial charge on any atom is 0.272 e. The lowest BCUT2D eigenvalue weighted by Gasteiger charge is -2.36. The number of halogens is 1. The van der Waals surface area contributed by atoms with E-state index >= 15 is 0 Å². The number of para-hydroxylation sites is 2.